The molecule has 1 aromatic heterocycles. The summed E-state index contributed by atoms with van der Waals surface area (Å²) in [6.07, 6.45) is 3.33. The van der Waals surface area contributed by atoms with Crippen LogP contribution in [-0.4, -0.2) is 8.42 Å². The van der Waals surface area contributed by atoms with Crippen molar-refractivity contribution in [3.63, 3.8) is 0 Å². The Morgan fingerprint density at radius 1 is 0.762 bits per heavy atom. The minimum atomic E-state index is -3.67. The number of nitrogens with two attached hydrogens (primary N) is 1. The van der Waals surface area contributed by atoms with Gasteiger partial charge in [0.05, 0.1) is 17.4 Å². The number of primary sulfonamides is 1. The van der Waals surface area contributed by atoms with Crippen LogP contribution >= 0.6 is 0 Å². The molecule has 21 heavy (non-hydrogen) atoms. The monoisotopic (exact) mass is 299 g/mol. The van der Waals surface area contributed by atoms with E-state index in [0.717, 1.165) is 22.3 Å². The summed E-state index contributed by atoms with van der Waals surface area (Å²) in [5.41, 5.74) is 3.77. The topological polar surface area (TPSA) is 73.3 Å². The molecule has 0 spiro atoms. The zero-order chi connectivity index (χ0) is 14.9. The van der Waals surface area contributed by atoms with Gasteiger partial charge in [-0.1, -0.05) is 42.5 Å². The van der Waals surface area contributed by atoms with Gasteiger partial charge in [0.15, 0.2) is 0 Å². The summed E-state index contributed by atoms with van der Waals surface area (Å²) >= 11 is 0. The predicted molar refractivity (Wildman–Crippen MR) is 81.0 cm³/mol. The van der Waals surface area contributed by atoms with Crippen LogP contribution in [0.2, 0.25) is 0 Å². The maximum atomic E-state index is 11.3. The Labute approximate surface area is 122 Å². The molecule has 5 heteroatoms. The highest BCUT2D eigenvalue weighted by atomic mass is 32.2. The minimum Gasteiger partial charge on any atom is -0.471 e. The second-order valence-corrected chi connectivity index (χ2v) is 6.20. The Kier molecular flexibility index (Phi) is 3.37. The first-order chi connectivity index (χ1) is 10.1. The number of furan rings is 1. The standard InChI is InChI=1S/C16H13NO3S/c17-21(18,19)14-8-6-13(7-9-14)16-11-20-10-15(16)12-4-2-1-3-5-12/h1-11H,(H2,17,18,19). The highest BCUT2D eigenvalue weighted by Crippen LogP contribution is 2.33. The van der Waals surface area contributed by atoms with Crippen molar-refractivity contribution in [2.45, 2.75) is 4.90 Å². The lowest BCUT2D eigenvalue weighted by molar-refractivity contribution is 0.569. The maximum Gasteiger partial charge on any atom is 0.238 e. The van der Waals surface area contributed by atoms with Crippen molar-refractivity contribution < 1.29 is 12.8 Å². The fourth-order valence-corrected chi connectivity index (χ4v) is 2.70. The van der Waals surface area contributed by atoms with Gasteiger partial charge in [-0.3, -0.25) is 0 Å². The first-order valence-electron chi connectivity index (χ1n) is 6.30. The van der Waals surface area contributed by atoms with Crippen LogP contribution in [0.1, 0.15) is 0 Å². The van der Waals surface area contributed by atoms with Gasteiger partial charge in [-0.25, -0.2) is 13.6 Å². The fraction of sp³-hybridized carbons (Fsp3) is 0. The molecule has 3 aromatic rings. The molecule has 0 unspecified atom stereocenters. The van der Waals surface area contributed by atoms with E-state index in [-0.39, 0.29) is 4.90 Å². The van der Waals surface area contributed by atoms with Crippen molar-refractivity contribution in [3.05, 3.63) is 67.1 Å². The fourth-order valence-electron chi connectivity index (χ4n) is 2.19. The second-order valence-electron chi connectivity index (χ2n) is 4.63. The average Bonchev–Trinajstić information content (AvgIpc) is 2.97. The summed E-state index contributed by atoms with van der Waals surface area (Å²) in [5.74, 6) is 0. The van der Waals surface area contributed by atoms with Gasteiger partial charge >= 0.3 is 0 Å². The molecule has 3 rings (SSSR count). The quantitative estimate of drug-likeness (QED) is 0.806. The lowest BCUT2D eigenvalue weighted by Gasteiger charge is -2.04. The first kappa shape index (κ1) is 13.6. The molecule has 0 aliphatic heterocycles. The normalized spacial score (nSPS) is 11.5. The summed E-state index contributed by atoms with van der Waals surface area (Å²) < 4.78 is 27.9. The van der Waals surface area contributed by atoms with Crippen molar-refractivity contribution in [1.29, 1.82) is 0 Å². The Bertz CT molecular complexity index is 850. The van der Waals surface area contributed by atoms with Crippen LogP contribution in [-0.2, 0) is 10.0 Å². The van der Waals surface area contributed by atoms with E-state index in [0.29, 0.717) is 0 Å². The second kappa shape index (κ2) is 5.20. The molecule has 0 radical (unpaired) electrons. The molecule has 0 saturated carbocycles. The molecule has 0 aliphatic carbocycles. The van der Waals surface area contributed by atoms with Crippen LogP contribution < -0.4 is 5.14 Å². The highest BCUT2D eigenvalue weighted by molar-refractivity contribution is 7.89. The molecule has 2 N–H and O–H groups in total. The van der Waals surface area contributed by atoms with Gasteiger partial charge in [-0.05, 0) is 23.3 Å². The Hall–Kier alpha value is -2.37. The van der Waals surface area contributed by atoms with Gasteiger partial charge in [0.1, 0.15) is 0 Å². The van der Waals surface area contributed by atoms with Gasteiger partial charge in [0, 0.05) is 11.1 Å². The average molecular weight is 299 g/mol. The molecular weight excluding hydrogens is 286 g/mol. The van der Waals surface area contributed by atoms with E-state index in [1.807, 2.05) is 30.3 Å². The molecule has 106 valence electrons. The maximum absolute atomic E-state index is 11.3. The van der Waals surface area contributed by atoms with E-state index in [1.54, 1.807) is 24.7 Å². The van der Waals surface area contributed by atoms with E-state index in [1.165, 1.54) is 12.1 Å². The van der Waals surface area contributed by atoms with Crippen molar-refractivity contribution in [3.8, 4) is 22.3 Å². The van der Waals surface area contributed by atoms with Crippen molar-refractivity contribution in [2.24, 2.45) is 5.14 Å². The lowest BCUT2D eigenvalue weighted by Crippen LogP contribution is -2.11. The summed E-state index contributed by atoms with van der Waals surface area (Å²) in [6, 6.07) is 16.3. The molecule has 0 atom stereocenters. The Morgan fingerprint density at radius 2 is 1.29 bits per heavy atom. The van der Waals surface area contributed by atoms with Crippen molar-refractivity contribution >= 4 is 10.0 Å². The summed E-state index contributed by atoms with van der Waals surface area (Å²) in [5, 5.41) is 5.10. The zero-order valence-corrected chi connectivity index (χ0v) is 11.9. The van der Waals surface area contributed by atoms with Crippen LogP contribution in [0.3, 0.4) is 0 Å². The Balaban J connectivity index is 2.05. The highest BCUT2D eigenvalue weighted by Gasteiger charge is 2.12. The third kappa shape index (κ3) is 2.74. The lowest BCUT2D eigenvalue weighted by atomic mass is 9.99. The third-order valence-electron chi connectivity index (χ3n) is 3.24. The molecular formula is C16H13NO3S. The van der Waals surface area contributed by atoms with Crippen LogP contribution in [0.4, 0.5) is 0 Å². The van der Waals surface area contributed by atoms with Crippen LogP contribution in [0.15, 0.2) is 76.4 Å². The predicted octanol–water partition coefficient (Wildman–Crippen LogP) is 3.26. The number of rotatable bonds is 3. The Morgan fingerprint density at radius 3 is 1.81 bits per heavy atom. The van der Waals surface area contributed by atoms with Gasteiger partial charge in [-0.15, -0.1) is 0 Å². The molecule has 0 saturated heterocycles. The van der Waals surface area contributed by atoms with Crippen LogP contribution in [0.25, 0.3) is 22.3 Å². The van der Waals surface area contributed by atoms with E-state index in [4.69, 9.17) is 9.56 Å². The van der Waals surface area contributed by atoms with Crippen LogP contribution in [0.5, 0.6) is 0 Å². The molecule has 0 amide bonds. The smallest absolute Gasteiger partial charge is 0.238 e. The molecule has 0 aliphatic rings. The minimum absolute atomic E-state index is 0.0935. The van der Waals surface area contributed by atoms with E-state index < -0.39 is 10.0 Å². The van der Waals surface area contributed by atoms with Gasteiger partial charge in [-0.2, -0.15) is 0 Å². The van der Waals surface area contributed by atoms with Gasteiger partial charge in [0.25, 0.3) is 0 Å². The van der Waals surface area contributed by atoms with Crippen molar-refractivity contribution in [2.75, 3.05) is 0 Å². The van der Waals surface area contributed by atoms with E-state index >= 15 is 0 Å². The molecule has 0 fully saturated rings. The van der Waals surface area contributed by atoms with Gasteiger partial charge in [0.2, 0.25) is 10.0 Å². The third-order valence-corrected chi connectivity index (χ3v) is 4.17. The zero-order valence-electron chi connectivity index (χ0n) is 11.1. The first-order valence-corrected chi connectivity index (χ1v) is 7.85. The summed E-state index contributed by atoms with van der Waals surface area (Å²) in [4.78, 5) is 0.0935. The van der Waals surface area contributed by atoms with E-state index in [2.05, 4.69) is 0 Å². The SMILES string of the molecule is NS(=O)(=O)c1ccc(-c2cocc2-c2ccccc2)cc1. The van der Waals surface area contributed by atoms with Crippen LogP contribution in [0, 0.1) is 0 Å². The molecule has 0 bridgehead atoms. The molecule has 2 aromatic carbocycles. The summed E-state index contributed by atoms with van der Waals surface area (Å²) in [7, 11) is -3.67. The molecule has 4 nitrogen and oxygen atoms in total. The number of hydrogen-bond acceptors (Lipinski definition) is 3. The number of hydrogen-bond donors (Lipinski definition) is 1. The number of sulfonamides is 1. The number of benzene rings is 2. The molecule has 1 heterocycles. The van der Waals surface area contributed by atoms with Gasteiger partial charge < -0.3 is 4.42 Å². The largest absolute Gasteiger partial charge is 0.471 e. The van der Waals surface area contributed by atoms with Crippen molar-refractivity contribution in [1.82, 2.24) is 0 Å². The summed E-state index contributed by atoms with van der Waals surface area (Å²) in [6.45, 7) is 0. The van der Waals surface area contributed by atoms with E-state index in [9.17, 15) is 8.42 Å².